The summed E-state index contributed by atoms with van der Waals surface area (Å²) in [5.41, 5.74) is 2.00. The Kier molecular flexibility index (Phi) is 8.25. The molecule has 1 aliphatic heterocycles. The first-order valence-corrected chi connectivity index (χ1v) is 10.9. The first-order valence-electron chi connectivity index (χ1n) is 10.9. The normalized spacial score (nSPS) is 23.3. The smallest absolute Gasteiger partial charge is 0.187 e. The van der Waals surface area contributed by atoms with Gasteiger partial charge in [-0.05, 0) is 31.2 Å². The first-order chi connectivity index (χ1) is 14.3. The molecule has 0 bridgehead atoms. The van der Waals surface area contributed by atoms with Crippen LogP contribution >= 0.6 is 0 Å². The minimum Gasteiger partial charge on any atom is -0.361 e. The Morgan fingerprint density at radius 3 is 2.21 bits per heavy atom. The molecule has 2 aromatic carbocycles. The van der Waals surface area contributed by atoms with Gasteiger partial charge >= 0.3 is 0 Å². The Morgan fingerprint density at radius 1 is 0.897 bits per heavy atom. The third-order valence-corrected chi connectivity index (χ3v) is 6.01. The molecule has 2 unspecified atom stereocenters. The van der Waals surface area contributed by atoms with Crippen molar-refractivity contribution in [2.24, 2.45) is 0 Å². The molecule has 0 amide bonds. The Balaban J connectivity index is 1.74. The van der Waals surface area contributed by atoms with Crippen molar-refractivity contribution in [2.75, 3.05) is 40.4 Å². The van der Waals surface area contributed by atoms with Crippen LogP contribution in [0.15, 0.2) is 60.7 Å². The van der Waals surface area contributed by atoms with Crippen LogP contribution in [-0.2, 0) is 21.6 Å². The number of ether oxygens (including phenoxy) is 2. The van der Waals surface area contributed by atoms with Crippen molar-refractivity contribution >= 4 is 0 Å². The van der Waals surface area contributed by atoms with Crippen molar-refractivity contribution in [3.05, 3.63) is 71.8 Å². The molecule has 1 fully saturated rings. The highest BCUT2D eigenvalue weighted by molar-refractivity contribution is 5.25. The highest BCUT2D eigenvalue weighted by atomic mass is 16.6. The maximum atomic E-state index is 6.30. The summed E-state index contributed by atoms with van der Waals surface area (Å²) in [5, 5.41) is 0. The van der Waals surface area contributed by atoms with Gasteiger partial charge in [0.25, 0.3) is 0 Å². The van der Waals surface area contributed by atoms with Gasteiger partial charge in [0.1, 0.15) is 0 Å². The van der Waals surface area contributed by atoms with E-state index in [9.17, 15) is 0 Å². The van der Waals surface area contributed by atoms with Gasteiger partial charge in [0.2, 0.25) is 0 Å². The lowest BCUT2D eigenvalue weighted by Gasteiger charge is -2.54. The van der Waals surface area contributed by atoms with E-state index in [1.54, 1.807) is 0 Å². The number of rotatable bonds is 10. The van der Waals surface area contributed by atoms with E-state index >= 15 is 0 Å². The van der Waals surface area contributed by atoms with E-state index in [-0.39, 0.29) is 6.23 Å². The molecule has 0 N–H and O–H groups in total. The van der Waals surface area contributed by atoms with Crippen LogP contribution in [0.2, 0.25) is 0 Å². The summed E-state index contributed by atoms with van der Waals surface area (Å²) in [6.07, 6.45) is 4.42. The molecular weight excluding hydrogens is 360 g/mol. The standard InChI is InChI=1S/C25H36N2O2/c1-4-18-27-21-20-26(19-12-11-15-22-13-7-5-8-14-22)24(28-2)25(27,29-3)23-16-9-6-10-17-23/h5-10,13-14,16-17,24H,4,11-12,15,18-21H2,1-3H3. The fraction of sp³-hybridized carbons (Fsp3) is 0.520. The lowest BCUT2D eigenvalue weighted by molar-refractivity contribution is -0.281. The van der Waals surface area contributed by atoms with Crippen LogP contribution in [0.1, 0.15) is 37.3 Å². The van der Waals surface area contributed by atoms with Gasteiger partial charge in [-0.3, -0.25) is 9.80 Å². The highest BCUT2D eigenvalue weighted by Crippen LogP contribution is 2.39. The SMILES string of the molecule is CCCN1CCN(CCCCc2ccccc2)C(OC)C1(OC)c1ccccc1. The summed E-state index contributed by atoms with van der Waals surface area (Å²) >= 11 is 0. The molecule has 4 heteroatoms. The van der Waals surface area contributed by atoms with Gasteiger partial charge in [0.15, 0.2) is 12.0 Å². The number of benzene rings is 2. The second kappa shape index (κ2) is 10.9. The molecular formula is C25H36N2O2. The van der Waals surface area contributed by atoms with Gasteiger partial charge < -0.3 is 9.47 Å². The molecule has 0 aliphatic carbocycles. The predicted octanol–water partition coefficient (Wildman–Crippen LogP) is 4.51. The van der Waals surface area contributed by atoms with Gasteiger partial charge in [-0.25, -0.2) is 0 Å². The van der Waals surface area contributed by atoms with Crippen molar-refractivity contribution in [3.63, 3.8) is 0 Å². The van der Waals surface area contributed by atoms with Crippen LogP contribution in [0.25, 0.3) is 0 Å². The first kappa shape index (κ1) is 22.0. The van der Waals surface area contributed by atoms with E-state index in [0.29, 0.717) is 0 Å². The number of hydrogen-bond donors (Lipinski definition) is 0. The third kappa shape index (κ3) is 4.89. The third-order valence-electron chi connectivity index (χ3n) is 6.01. The lowest BCUT2D eigenvalue weighted by Crippen LogP contribution is -2.67. The maximum Gasteiger partial charge on any atom is 0.187 e. The second-order valence-corrected chi connectivity index (χ2v) is 7.82. The molecule has 0 spiro atoms. The van der Waals surface area contributed by atoms with Crippen LogP contribution in [0, 0.1) is 0 Å². The summed E-state index contributed by atoms with van der Waals surface area (Å²) in [7, 11) is 3.63. The Bertz CT molecular complexity index is 709. The molecule has 158 valence electrons. The number of aryl methyl sites for hydroxylation is 1. The van der Waals surface area contributed by atoms with Crippen LogP contribution in [0.5, 0.6) is 0 Å². The summed E-state index contributed by atoms with van der Waals surface area (Å²) in [6, 6.07) is 21.3. The molecule has 0 radical (unpaired) electrons. The van der Waals surface area contributed by atoms with E-state index in [1.807, 2.05) is 14.2 Å². The lowest BCUT2D eigenvalue weighted by atomic mass is 9.94. The number of hydrogen-bond acceptors (Lipinski definition) is 4. The van der Waals surface area contributed by atoms with E-state index in [1.165, 1.54) is 12.0 Å². The quantitative estimate of drug-likeness (QED) is 0.552. The van der Waals surface area contributed by atoms with E-state index in [4.69, 9.17) is 9.47 Å². The van der Waals surface area contributed by atoms with Gasteiger partial charge in [0, 0.05) is 46.0 Å². The minimum absolute atomic E-state index is 0.132. The van der Waals surface area contributed by atoms with E-state index in [0.717, 1.165) is 51.0 Å². The Hall–Kier alpha value is -1.72. The van der Waals surface area contributed by atoms with Crippen molar-refractivity contribution in [2.45, 2.75) is 44.6 Å². The minimum atomic E-state index is -0.580. The van der Waals surface area contributed by atoms with Crippen LogP contribution in [0.4, 0.5) is 0 Å². The molecule has 29 heavy (non-hydrogen) atoms. The summed E-state index contributed by atoms with van der Waals surface area (Å²) in [6.45, 7) is 6.22. The zero-order valence-electron chi connectivity index (χ0n) is 18.2. The van der Waals surface area contributed by atoms with E-state index < -0.39 is 5.72 Å². The highest BCUT2D eigenvalue weighted by Gasteiger charge is 2.51. The molecule has 4 nitrogen and oxygen atoms in total. The molecule has 0 aromatic heterocycles. The fourth-order valence-corrected chi connectivity index (χ4v) is 4.66. The number of piperazine rings is 1. The maximum absolute atomic E-state index is 6.30. The Morgan fingerprint density at radius 2 is 1.59 bits per heavy atom. The van der Waals surface area contributed by atoms with Crippen molar-refractivity contribution in [1.82, 2.24) is 9.80 Å². The molecule has 3 rings (SSSR count). The van der Waals surface area contributed by atoms with Gasteiger partial charge in [-0.1, -0.05) is 67.6 Å². The van der Waals surface area contributed by atoms with Crippen LogP contribution in [0.3, 0.4) is 0 Å². The van der Waals surface area contributed by atoms with Crippen molar-refractivity contribution in [3.8, 4) is 0 Å². The predicted molar refractivity (Wildman–Crippen MR) is 119 cm³/mol. The molecule has 2 atom stereocenters. The average molecular weight is 397 g/mol. The zero-order chi connectivity index (χ0) is 20.5. The second-order valence-electron chi connectivity index (χ2n) is 7.82. The van der Waals surface area contributed by atoms with E-state index in [2.05, 4.69) is 77.4 Å². The topological polar surface area (TPSA) is 24.9 Å². The molecule has 1 saturated heterocycles. The largest absolute Gasteiger partial charge is 0.361 e. The number of nitrogens with zero attached hydrogens (tertiary/aromatic N) is 2. The molecule has 1 heterocycles. The van der Waals surface area contributed by atoms with Crippen molar-refractivity contribution < 1.29 is 9.47 Å². The fourth-order valence-electron chi connectivity index (χ4n) is 4.66. The number of unbranched alkanes of at least 4 members (excludes halogenated alkanes) is 1. The monoisotopic (exact) mass is 396 g/mol. The van der Waals surface area contributed by atoms with Crippen molar-refractivity contribution in [1.29, 1.82) is 0 Å². The molecule has 1 aliphatic rings. The summed E-state index contributed by atoms with van der Waals surface area (Å²) < 4.78 is 12.4. The molecule has 0 saturated carbocycles. The van der Waals surface area contributed by atoms with Gasteiger partial charge in [-0.15, -0.1) is 0 Å². The van der Waals surface area contributed by atoms with Gasteiger partial charge in [0.05, 0.1) is 0 Å². The molecule has 2 aromatic rings. The van der Waals surface area contributed by atoms with Crippen LogP contribution < -0.4 is 0 Å². The number of methoxy groups -OCH3 is 2. The Labute approximate surface area is 176 Å². The zero-order valence-corrected chi connectivity index (χ0v) is 18.2. The van der Waals surface area contributed by atoms with Gasteiger partial charge in [-0.2, -0.15) is 0 Å². The average Bonchev–Trinajstić information content (AvgIpc) is 2.78. The van der Waals surface area contributed by atoms with Crippen LogP contribution in [-0.4, -0.2) is 56.4 Å². The summed E-state index contributed by atoms with van der Waals surface area (Å²) in [5.74, 6) is 0. The summed E-state index contributed by atoms with van der Waals surface area (Å²) in [4.78, 5) is 4.92.